The Balaban J connectivity index is 0.00000220. The summed E-state index contributed by atoms with van der Waals surface area (Å²) in [5.74, 6) is -0.264. The van der Waals surface area contributed by atoms with Gasteiger partial charge in [-0.25, -0.2) is 0 Å². The van der Waals surface area contributed by atoms with Gasteiger partial charge in [-0.15, -0.1) is 0 Å². The van der Waals surface area contributed by atoms with Gasteiger partial charge >= 0.3 is 29.6 Å². The zero-order valence-corrected chi connectivity index (χ0v) is 15.0. The summed E-state index contributed by atoms with van der Waals surface area (Å²) in [4.78, 5) is 10.8. The van der Waals surface area contributed by atoms with E-state index in [0.29, 0.717) is 24.7 Å². The van der Waals surface area contributed by atoms with Gasteiger partial charge in [-0.3, -0.25) is 0 Å². The number of hydrogen-bond acceptors (Lipinski definition) is 4. The van der Waals surface area contributed by atoms with Crippen molar-refractivity contribution in [2.75, 3.05) is 13.2 Å². The predicted molar refractivity (Wildman–Crippen MR) is 73.7 cm³/mol. The van der Waals surface area contributed by atoms with Crippen molar-refractivity contribution in [1.82, 2.24) is 0 Å². The summed E-state index contributed by atoms with van der Waals surface area (Å²) in [5, 5.41) is 11.5. The Morgan fingerprint density at radius 3 is 2.43 bits per heavy atom. The normalized spacial score (nSPS) is 19.7. The quantitative estimate of drug-likeness (QED) is 0.339. The fourth-order valence-corrected chi connectivity index (χ4v) is 2.16. The fraction of sp³-hybridized carbons (Fsp3) is 0.533. The number of unbranched alkanes of at least 4 members (excludes halogenated alkanes) is 3. The molecule has 1 fully saturated rings. The van der Waals surface area contributed by atoms with Gasteiger partial charge < -0.3 is 19.4 Å². The fourth-order valence-electron chi connectivity index (χ4n) is 2.04. The summed E-state index contributed by atoms with van der Waals surface area (Å²) >= 11 is 5.78. The maximum atomic E-state index is 10.8. The Labute approximate surface area is 152 Å². The van der Waals surface area contributed by atoms with E-state index in [1.54, 1.807) is 12.1 Å². The molecule has 0 spiro atoms. The van der Waals surface area contributed by atoms with Crippen LogP contribution in [0.2, 0.25) is 5.02 Å². The van der Waals surface area contributed by atoms with Crippen molar-refractivity contribution in [2.24, 2.45) is 0 Å². The van der Waals surface area contributed by atoms with Crippen molar-refractivity contribution in [3.8, 4) is 5.75 Å². The van der Waals surface area contributed by atoms with Crippen LogP contribution in [0, 0.1) is 0 Å². The molecule has 110 valence electrons. The number of hydrogen-bond donors (Lipinski definition) is 0. The Morgan fingerprint density at radius 1 is 1.24 bits per heavy atom. The molecule has 2 rings (SSSR count). The summed E-state index contributed by atoms with van der Waals surface area (Å²) in [6, 6.07) is 7.28. The molecule has 6 heteroatoms. The maximum Gasteiger partial charge on any atom is 1.00 e. The number of carboxylic acids is 1. The molecule has 1 aliphatic heterocycles. The van der Waals surface area contributed by atoms with Crippen molar-refractivity contribution < 1.29 is 48.9 Å². The van der Waals surface area contributed by atoms with E-state index in [1.165, 1.54) is 0 Å². The average molecular weight is 321 g/mol. The van der Waals surface area contributed by atoms with Crippen LogP contribution in [0.3, 0.4) is 0 Å². The Bertz CT molecular complexity index is 445. The van der Waals surface area contributed by atoms with Gasteiger partial charge in [0.25, 0.3) is 0 Å². The summed E-state index contributed by atoms with van der Waals surface area (Å²) in [7, 11) is 0. The van der Waals surface area contributed by atoms with Crippen LogP contribution in [0.4, 0.5) is 0 Å². The molecule has 1 heterocycles. The minimum atomic E-state index is -1.08. The third-order valence-electron chi connectivity index (χ3n) is 3.42. The number of epoxide rings is 1. The molecule has 0 radical (unpaired) electrons. The molecular formula is C15H18ClNaO4. The first-order valence-electron chi connectivity index (χ1n) is 6.86. The third-order valence-corrected chi connectivity index (χ3v) is 3.67. The van der Waals surface area contributed by atoms with E-state index in [4.69, 9.17) is 21.1 Å². The second-order valence-corrected chi connectivity index (χ2v) is 5.47. The van der Waals surface area contributed by atoms with Crippen molar-refractivity contribution in [3.05, 3.63) is 29.3 Å². The number of rotatable bonds is 9. The molecule has 0 bridgehead atoms. The maximum absolute atomic E-state index is 10.8. The molecule has 1 aliphatic rings. The van der Waals surface area contributed by atoms with E-state index >= 15 is 0 Å². The summed E-state index contributed by atoms with van der Waals surface area (Å²) in [6.45, 7) is 0.957. The van der Waals surface area contributed by atoms with Crippen molar-refractivity contribution >= 4 is 17.6 Å². The molecule has 1 aromatic rings. The van der Waals surface area contributed by atoms with Crippen LogP contribution < -0.4 is 39.4 Å². The van der Waals surface area contributed by atoms with Crippen LogP contribution >= 0.6 is 11.6 Å². The molecule has 0 amide bonds. The Kier molecular flexibility index (Phi) is 8.06. The van der Waals surface area contributed by atoms with Crippen LogP contribution in [0.25, 0.3) is 0 Å². The SMILES string of the molecule is O=C([O-])[C@@]1(CCCCCCOc2ccc(Cl)cc2)CO1.[Na+]. The number of aliphatic carboxylic acids is 1. The minimum Gasteiger partial charge on any atom is -0.547 e. The van der Waals surface area contributed by atoms with Gasteiger partial charge in [-0.2, -0.15) is 0 Å². The largest absolute Gasteiger partial charge is 1.00 e. The third kappa shape index (κ3) is 6.17. The average Bonchev–Trinajstić information content (AvgIpc) is 3.21. The Hall–Kier alpha value is -0.260. The molecule has 1 atom stereocenters. The van der Waals surface area contributed by atoms with E-state index < -0.39 is 11.6 Å². The topological polar surface area (TPSA) is 61.9 Å². The summed E-state index contributed by atoms with van der Waals surface area (Å²) in [5.41, 5.74) is -0.972. The standard InChI is InChI=1S/C15H19ClO4.Na/c16-12-5-7-13(8-6-12)19-10-4-2-1-3-9-15(11-20-15)14(17)18;/h5-8H,1-4,9-11H2,(H,17,18);/q;+1/p-1/t15-;/m1./s1. The Morgan fingerprint density at radius 2 is 1.86 bits per heavy atom. The van der Waals surface area contributed by atoms with Gasteiger partial charge in [0.1, 0.15) is 11.4 Å². The van der Waals surface area contributed by atoms with Crippen molar-refractivity contribution in [2.45, 2.75) is 37.7 Å². The molecule has 4 nitrogen and oxygen atoms in total. The van der Waals surface area contributed by atoms with Crippen molar-refractivity contribution in [3.63, 3.8) is 0 Å². The number of carbonyl (C=O) groups is 1. The first kappa shape index (κ1) is 18.8. The zero-order chi connectivity index (χ0) is 14.4. The predicted octanol–water partition coefficient (Wildman–Crippen LogP) is -0.808. The molecule has 1 saturated heterocycles. The molecule has 0 aromatic heterocycles. The molecule has 0 aliphatic carbocycles. The van der Waals surface area contributed by atoms with Gasteiger partial charge in [0.15, 0.2) is 0 Å². The van der Waals surface area contributed by atoms with E-state index in [9.17, 15) is 9.90 Å². The second kappa shape index (κ2) is 9.01. The first-order chi connectivity index (χ1) is 9.62. The monoisotopic (exact) mass is 320 g/mol. The molecule has 21 heavy (non-hydrogen) atoms. The first-order valence-corrected chi connectivity index (χ1v) is 7.24. The van der Waals surface area contributed by atoms with Gasteiger partial charge in [0.05, 0.1) is 19.2 Å². The zero-order valence-electron chi connectivity index (χ0n) is 12.3. The van der Waals surface area contributed by atoms with Gasteiger partial charge in [0.2, 0.25) is 0 Å². The van der Waals surface area contributed by atoms with E-state index in [0.717, 1.165) is 31.4 Å². The van der Waals surface area contributed by atoms with Crippen LogP contribution in [0.15, 0.2) is 24.3 Å². The molecular weight excluding hydrogens is 303 g/mol. The number of benzene rings is 1. The van der Waals surface area contributed by atoms with Gasteiger partial charge in [-0.1, -0.05) is 30.9 Å². The van der Waals surface area contributed by atoms with Gasteiger partial charge in [0, 0.05) is 5.02 Å². The van der Waals surface area contributed by atoms with E-state index in [1.807, 2.05) is 12.1 Å². The number of carboxylic acid groups (broad SMARTS) is 1. The smallest absolute Gasteiger partial charge is 0.547 e. The number of ether oxygens (including phenoxy) is 2. The molecule has 0 unspecified atom stereocenters. The van der Waals surface area contributed by atoms with Crippen LogP contribution in [0.5, 0.6) is 5.75 Å². The van der Waals surface area contributed by atoms with Crippen LogP contribution in [-0.4, -0.2) is 24.8 Å². The number of carbonyl (C=O) groups excluding carboxylic acids is 1. The molecule has 0 saturated carbocycles. The minimum absolute atomic E-state index is 0. The molecule has 1 aromatic carbocycles. The van der Waals surface area contributed by atoms with Crippen LogP contribution in [0.1, 0.15) is 32.1 Å². The van der Waals surface area contributed by atoms with Gasteiger partial charge in [-0.05, 0) is 37.1 Å². The summed E-state index contributed by atoms with van der Waals surface area (Å²) < 4.78 is 10.5. The second-order valence-electron chi connectivity index (χ2n) is 5.04. The molecule has 0 N–H and O–H groups in total. The van der Waals surface area contributed by atoms with E-state index in [-0.39, 0.29) is 29.6 Å². The summed E-state index contributed by atoms with van der Waals surface area (Å²) in [6.07, 6.45) is 4.32. The van der Waals surface area contributed by atoms with Crippen molar-refractivity contribution in [1.29, 1.82) is 0 Å². The number of halogens is 1. The van der Waals surface area contributed by atoms with Crippen LogP contribution in [-0.2, 0) is 9.53 Å². The van der Waals surface area contributed by atoms with E-state index in [2.05, 4.69) is 0 Å².